The third-order valence-corrected chi connectivity index (χ3v) is 4.37. The SMILES string of the molecule is Cc1ccc2[nH]c(=O)n(C3CCN(C(C)C)C3)c(=O)c2c1. The van der Waals surface area contributed by atoms with Gasteiger partial charge >= 0.3 is 5.69 Å². The Balaban J connectivity index is 2.11. The molecule has 0 saturated carbocycles. The zero-order valence-corrected chi connectivity index (χ0v) is 12.7. The van der Waals surface area contributed by atoms with Gasteiger partial charge in [-0.15, -0.1) is 0 Å². The van der Waals surface area contributed by atoms with Crippen LogP contribution >= 0.6 is 0 Å². The van der Waals surface area contributed by atoms with E-state index in [1.165, 1.54) is 4.57 Å². The van der Waals surface area contributed by atoms with Crippen molar-refractivity contribution in [1.82, 2.24) is 14.5 Å². The van der Waals surface area contributed by atoms with Crippen LogP contribution in [-0.2, 0) is 0 Å². The normalized spacial score (nSPS) is 19.7. The number of rotatable bonds is 2. The van der Waals surface area contributed by atoms with E-state index < -0.39 is 0 Å². The highest BCUT2D eigenvalue weighted by atomic mass is 16.2. The fraction of sp³-hybridized carbons (Fsp3) is 0.500. The number of benzene rings is 1. The molecule has 0 aliphatic carbocycles. The summed E-state index contributed by atoms with van der Waals surface area (Å²) in [5, 5.41) is 0.595. The fourth-order valence-electron chi connectivity index (χ4n) is 3.12. The molecular formula is C16H21N3O2. The van der Waals surface area contributed by atoms with E-state index in [4.69, 9.17) is 0 Å². The van der Waals surface area contributed by atoms with Gasteiger partial charge in [0.25, 0.3) is 5.56 Å². The molecule has 1 atom stereocenters. The molecule has 1 unspecified atom stereocenters. The van der Waals surface area contributed by atoms with E-state index in [2.05, 4.69) is 23.7 Å². The van der Waals surface area contributed by atoms with Crippen LogP contribution in [0.2, 0.25) is 0 Å². The van der Waals surface area contributed by atoms with Gasteiger partial charge in [0, 0.05) is 19.1 Å². The summed E-state index contributed by atoms with van der Waals surface area (Å²) in [4.78, 5) is 30.1. The Morgan fingerprint density at radius 2 is 2.05 bits per heavy atom. The van der Waals surface area contributed by atoms with E-state index in [-0.39, 0.29) is 17.3 Å². The van der Waals surface area contributed by atoms with Gasteiger partial charge < -0.3 is 4.98 Å². The van der Waals surface area contributed by atoms with E-state index in [1.54, 1.807) is 6.07 Å². The minimum absolute atomic E-state index is 0.0337. The van der Waals surface area contributed by atoms with Crippen LogP contribution in [0, 0.1) is 6.92 Å². The van der Waals surface area contributed by atoms with Crippen LogP contribution in [0.5, 0.6) is 0 Å². The Labute approximate surface area is 123 Å². The molecular weight excluding hydrogens is 266 g/mol. The highest BCUT2D eigenvalue weighted by Crippen LogP contribution is 2.21. The Hall–Kier alpha value is -1.88. The van der Waals surface area contributed by atoms with E-state index in [0.717, 1.165) is 25.1 Å². The molecule has 3 rings (SSSR count). The van der Waals surface area contributed by atoms with E-state index in [1.807, 2.05) is 19.1 Å². The summed E-state index contributed by atoms with van der Waals surface area (Å²) < 4.78 is 1.41. The minimum atomic E-state index is -0.299. The largest absolute Gasteiger partial charge is 0.329 e. The number of fused-ring (bicyclic) bond motifs is 1. The van der Waals surface area contributed by atoms with Crippen molar-refractivity contribution in [2.75, 3.05) is 13.1 Å². The van der Waals surface area contributed by atoms with Crippen LogP contribution in [-0.4, -0.2) is 33.6 Å². The number of hydrogen-bond donors (Lipinski definition) is 1. The zero-order valence-electron chi connectivity index (χ0n) is 12.7. The molecule has 0 radical (unpaired) electrons. The van der Waals surface area contributed by atoms with Crippen LogP contribution in [0.1, 0.15) is 31.9 Å². The second-order valence-corrected chi connectivity index (χ2v) is 6.19. The molecule has 1 fully saturated rings. The number of aromatic nitrogens is 2. The van der Waals surface area contributed by atoms with Gasteiger partial charge in [-0.1, -0.05) is 11.6 Å². The van der Waals surface area contributed by atoms with Gasteiger partial charge in [0.1, 0.15) is 0 Å². The monoisotopic (exact) mass is 287 g/mol. The summed E-state index contributed by atoms with van der Waals surface area (Å²) in [6.07, 6.45) is 0.846. The van der Waals surface area contributed by atoms with Crippen molar-refractivity contribution in [3.05, 3.63) is 44.6 Å². The van der Waals surface area contributed by atoms with Crippen molar-refractivity contribution in [2.24, 2.45) is 0 Å². The third-order valence-electron chi connectivity index (χ3n) is 4.37. The Morgan fingerprint density at radius 1 is 1.29 bits per heavy atom. The fourth-order valence-corrected chi connectivity index (χ4v) is 3.12. The number of hydrogen-bond acceptors (Lipinski definition) is 3. The van der Waals surface area contributed by atoms with E-state index in [9.17, 15) is 9.59 Å². The van der Waals surface area contributed by atoms with Crippen LogP contribution in [0.4, 0.5) is 0 Å². The lowest BCUT2D eigenvalue weighted by Crippen LogP contribution is -2.39. The molecule has 1 aliphatic rings. The number of aryl methyl sites for hydroxylation is 1. The molecule has 0 bridgehead atoms. The second kappa shape index (κ2) is 5.15. The smallest absolute Gasteiger partial charge is 0.307 e. The summed E-state index contributed by atoms with van der Waals surface area (Å²) in [5.74, 6) is 0. The van der Waals surface area contributed by atoms with Gasteiger partial charge in [0.2, 0.25) is 0 Å². The van der Waals surface area contributed by atoms with Gasteiger partial charge in [-0.2, -0.15) is 0 Å². The number of nitrogens with zero attached hydrogens (tertiary/aromatic N) is 2. The zero-order chi connectivity index (χ0) is 15.1. The number of nitrogens with one attached hydrogen (secondary N) is 1. The molecule has 1 N–H and O–H groups in total. The number of H-pyrrole nitrogens is 1. The molecule has 21 heavy (non-hydrogen) atoms. The summed E-state index contributed by atoms with van der Waals surface area (Å²) in [6.45, 7) is 7.92. The molecule has 1 aromatic carbocycles. The number of aromatic amines is 1. The molecule has 1 saturated heterocycles. The minimum Gasteiger partial charge on any atom is -0.307 e. The maximum Gasteiger partial charge on any atom is 0.329 e. The summed E-state index contributed by atoms with van der Waals surface area (Å²) in [6, 6.07) is 5.95. The van der Waals surface area contributed by atoms with Crippen molar-refractivity contribution in [2.45, 2.75) is 39.3 Å². The first kappa shape index (κ1) is 14.1. The average Bonchev–Trinajstić information content (AvgIpc) is 2.89. The van der Waals surface area contributed by atoms with Gasteiger partial charge in [-0.05, 0) is 39.3 Å². The predicted molar refractivity (Wildman–Crippen MR) is 83.9 cm³/mol. The lowest BCUT2D eigenvalue weighted by Gasteiger charge is -2.20. The molecule has 0 amide bonds. The maximum absolute atomic E-state index is 12.7. The molecule has 1 aromatic heterocycles. The second-order valence-electron chi connectivity index (χ2n) is 6.19. The standard InChI is InChI=1S/C16H21N3O2/c1-10(2)18-7-6-12(9-18)19-15(20)13-8-11(3)4-5-14(13)17-16(19)21/h4-5,8,10,12H,6-7,9H2,1-3H3,(H,17,21). The number of likely N-dealkylation sites (tertiary alicyclic amines) is 1. The summed E-state index contributed by atoms with van der Waals surface area (Å²) >= 11 is 0. The lowest BCUT2D eigenvalue weighted by atomic mass is 10.1. The van der Waals surface area contributed by atoms with Gasteiger partial charge in [0.15, 0.2) is 0 Å². The predicted octanol–water partition coefficient (Wildman–Crippen LogP) is 1.65. The first-order valence-electron chi connectivity index (χ1n) is 7.46. The lowest BCUT2D eigenvalue weighted by molar-refractivity contribution is 0.263. The quantitative estimate of drug-likeness (QED) is 0.914. The molecule has 5 nitrogen and oxygen atoms in total. The van der Waals surface area contributed by atoms with E-state index >= 15 is 0 Å². The van der Waals surface area contributed by atoms with Crippen molar-refractivity contribution >= 4 is 10.9 Å². The Bertz CT molecular complexity index is 788. The van der Waals surface area contributed by atoms with Crippen molar-refractivity contribution in [1.29, 1.82) is 0 Å². The van der Waals surface area contributed by atoms with Crippen LogP contribution in [0.3, 0.4) is 0 Å². The van der Waals surface area contributed by atoms with Gasteiger partial charge in [-0.3, -0.25) is 14.3 Å². The highest BCUT2D eigenvalue weighted by molar-refractivity contribution is 5.77. The first-order valence-corrected chi connectivity index (χ1v) is 7.46. The van der Waals surface area contributed by atoms with Crippen molar-refractivity contribution in [3.8, 4) is 0 Å². The Morgan fingerprint density at radius 3 is 2.71 bits per heavy atom. The molecule has 2 heterocycles. The van der Waals surface area contributed by atoms with Crippen molar-refractivity contribution in [3.63, 3.8) is 0 Å². The Kier molecular flexibility index (Phi) is 3.45. The highest BCUT2D eigenvalue weighted by Gasteiger charge is 2.27. The molecule has 2 aromatic rings. The summed E-state index contributed by atoms with van der Waals surface area (Å²) in [5.41, 5.74) is 1.17. The molecule has 112 valence electrons. The van der Waals surface area contributed by atoms with Crippen LogP contribution < -0.4 is 11.2 Å². The topological polar surface area (TPSA) is 58.1 Å². The average molecular weight is 287 g/mol. The van der Waals surface area contributed by atoms with Gasteiger partial charge in [0.05, 0.1) is 16.9 Å². The van der Waals surface area contributed by atoms with Crippen LogP contribution in [0.25, 0.3) is 10.9 Å². The van der Waals surface area contributed by atoms with E-state index in [0.29, 0.717) is 16.9 Å². The maximum atomic E-state index is 12.7. The van der Waals surface area contributed by atoms with Crippen LogP contribution in [0.15, 0.2) is 27.8 Å². The first-order chi connectivity index (χ1) is 9.97. The van der Waals surface area contributed by atoms with Gasteiger partial charge in [-0.25, -0.2) is 4.79 Å². The third kappa shape index (κ3) is 2.42. The van der Waals surface area contributed by atoms with Crippen molar-refractivity contribution < 1.29 is 0 Å². The molecule has 5 heteroatoms. The summed E-state index contributed by atoms with van der Waals surface area (Å²) in [7, 11) is 0. The molecule has 1 aliphatic heterocycles. The molecule has 0 spiro atoms.